The summed E-state index contributed by atoms with van der Waals surface area (Å²) in [5.41, 5.74) is 1.38. The molecule has 1 aliphatic rings. The van der Waals surface area contributed by atoms with Gasteiger partial charge in [-0.1, -0.05) is 13.3 Å². The van der Waals surface area contributed by atoms with Crippen LogP contribution in [0.3, 0.4) is 0 Å². The number of thiophene rings is 1. The molecule has 0 bridgehead atoms. The molecule has 1 fully saturated rings. The second kappa shape index (κ2) is 5.13. The van der Waals surface area contributed by atoms with Crippen LogP contribution in [0.2, 0.25) is 0 Å². The first kappa shape index (κ1) is 11.2. The highest BCUT2D eigenvalue weighted by Gasteiger charge is 2.26. The van der Waals surface area contributed by atoms with Crippen LogP contribution in [0.4, 0.5) is 0 Å². The van der Waals surface area contributed by atoms with Crippen molar-refractivity contribution in [2.75, 3.05) is 0 Å². The Morgan fingerprint density at radius 3 is 3.00 bits per heavy atom. The lowest BCUT2D eigenvalue weighted by molar-refractivity contribution is 0.100. The van der Waals surface area contributed by atoms with E-state index in [1.807, 2.05) is 0 Å². The van der Waals surface area contributed by atoms with E-state index >= 15 is 0 Å². The fourth-order valence-electron chi connectivity index (χ4n) is 2.59. The highest BCUT2D eigenvalue weighted by Crippen LogP contribution is 2.33. The lowest BCUT2D eigenvalue weighted by atomic mass is 9.95. The van der Waals surface area contributed by atoms with Gasteiger partial charge in [-0.2, -0.15) is 11.3 Å². The smallest absolute Gasteiger partial charge is 0.0571 e. The summed E-state index contributed by atoms with van der Waals surface area (Å²) in [5.74, 6) is 1.39. The summed E-state index contributed by atoms with van der Waals surface area (Å²) in [6.07, 6.45) is 5.66. The van der Waals surface area contributed by atoms with E-state index in [9.17, 15) is 5.11 Å². The first-order valence-corrected chi connectivity index (χ1v) is 6.89. The van der Waals surface area contributed by atoms with Gasteiger partial charge in [0.15, 0.2) is 0 Å². The van der Waals surface area contributed by atoms with Crippen molar-refractivity contribution in [3.8, 4) is 0 Å². The van der Waals surface area contributed by atoms with Gasteiger partial charge >= 0.3 is 0 Å². The molecule has 0 aromatic carbocycles. The third kappa shape index (κ3) is 3.05. The maximum absolute atomic E-state index is 10.1. The molecular weight excluding hydrogens is 204 g/mol. The predicted molar refractivity (Wildman–Crippen MR) is 65.2 cm³/mol. The Labute approximate surface area is 96.1 Å². The molecule has 1 aliphatic carbocycles. The molecule has 3 atom stereocenters. The summed E-state index contributed by atoms with van der Waals surface area (Å²) >= 11 is 1.74. The average Bonchev–Trinajstić information content (AvgIpc) is 2.84. The van der Waals surface area contributed by atoms with Crippen molar-refractivity contribution in [3.63, 3.8) is 0 Å². The largest absolute Gasteiger partial charge is 0.393 e. The van der Waals surface area contributed by atoms with Crippen LogP contribution < -0.4 is 0 Å². The van der Waals surface area contributed by atoms with E-state index in [1.165, 1.54) is 24.8 Å². The van der Waals surface area contributed by atoms with E-state index in [2.05, 4.69) is 23.8 Å². The molecule has 1 aromatic heterocycles. The monoisotopic (exact) mass is 224 g/mol. The quantitative estimate of drug-likeness (QED) is 0.830. The normalized spacial score (nSPS) is 28.1. The average molecular weight is 224 g/mol. The number of rotatable bonds is 4. The summed E-state index contributed by atoms with van der Waals surface area (Å²) in [6, 6.07) is 2.16. The fraction of sp³-hybridized carbons (Fsp3) is 0.692. The van der Waals surface area contributed by atoms with Crippen LogP contribution in [0.15, 0.2) is 16.8 Å². The lowest BCUT2D eigenvalue weighted by Gasteiger charge is -2.17. The van der Waals surface area contributed by atoms with Crippen molar-refractivity contribution in [1.82, 2.24) is 0 Å². The zero-order valence-corrected chi connectivity index (χ0v) is 10.2. The highest BCUT2D eigenvalue weighted by molar-refractivity contribution is 7.07. The van der Waals surface area contributed by atoms with Crippen LogP contribution in [0, 0.1) is 11.8 Å². The van der Waals surface area contributed by atoms with Crippen molar-refractivity contribution < 1.29 is 5.11 Å². The van der Waals surface area contributed by atoms with Gasteiger partial charge in [-0.25, -0.2) is 0 Å². The van der Waals surface area contributed by atoms with E-state index < -0.39 is 0 Å². The van der Waals surface area contributed by atoms with Gasteiger partial charge in [0, 0.05) is 0 Å². The van der Waals surface area contributed by atoms with Crippen molar-refractivity contribution in [2.45, 2.75) is 45.1 Å². The summed E-state index contributed by atoms with van der Waals surface area (Å²) < 4.78 is 0. The predicted octanol–water partition coefficient (Wildman–Crippen LogP) is 3.48. The molecule has 1 nitrogen and oxygen atoms in total. The summed E-state index contributed by atoms with van der Waals surface area (Å²) in [7, 11) is 0. The third-order valence-electron chi connectivity index (χ3n) is 3.59. The Hall–Kier alpha value is -0.340. The number of hydrogen-bond acceptors (Lipinski definition) is 2. The number of aryl methyl sites for hydroxylation is 1. The topological polar surface area (TPSA) is 20.2 Å². The molecule has 1 saturated carbocycles. The molecule has 2 heteroatoms. The Balaban J connectivity index is 1.75. The fourth-order valence-corrected chi connectivity index (χ4v) is 3.29. The molecule has 0 spiro atoms. The molecule has 15 heavy (non-hydrogen) atoms. The van der Waals surface area contributed by atoms with E-state index in [0.717, 1.165) is 18.8 Å². The van der Waals surface area contributed by atoms with Crippen molar-refractivity contribution in [2.24, 2.45) is 11.8 Å². The van der Waals surface area contributed by atoms with E-state index in [4.69, 9.17) is 0 Å². The molecule has 2 rings (SSSR count). The van der Waals surface area contributed by atoms with Gasteiger partial charge in [0.05, 0.1) is 6.10 Å². The van der Waals surface area contributed by atoms with Gasteiger partial charge in [-0.05, 0) is 59.9 Å². The Kier molecular flexibility index (Phi) is 3.81. The van der Waals surface area contributed by atoms with E-state index in [-0.39, 0.29) is 6.10 Å². The zero-order valence-electron chi connectivity index (χ0n) is 9.36. The van der Waals surface area contributed by atoms with Crippen LogP contribution in [0.25, 0.3) is 0 Å². The highest BCUT2D eigenvalue weighted by atomic mass is 32.1. The first-order chi connectivity index (χ1) is 7.25. The van der Waals surface area contributed by atoms with Crippen LogP contribution in [-0.2, 0) is 6.42 Å². The van der Waals surface area contributed by atoms with Gasteiger partial charge < -0.3 is 5.11 Å². The molecule has 1 aromatic rings. The summed E-state index contributed by atoms with van der Waals surface area (Å²) in [5, 5.41) is 14.4. The van der Waals surface area contributed by atoms with Crippen molar-refractivity contribution >= 4 is 11.3 Å². The lowest BCUT2D eigenvalue weighted by Crippen LogP contribution is -2.18. The maximum Gasteiger partial charge on any atom is 0.0571 e. The van der Waals surface area contributed by atoms with Gasteiger partial charge in [0.1, 0.15) is 0 Å². The second-order valence-corrected chi connectivity index (χ2v) is 5.70. The SMILES string of the molecule is CC1CCC(C(O)CCc2ccsc2)C1. The summed E-state index contributed by atoms with van der Waals surface area (Å²) in [6.45, 7) is 2.30. The molecule has 3 unspecified atom stereocenters. The molecule has 0 saturated heterocycles. The Bertz CT molecular complexity index is 281. The van der Waals surface area contributed by atoms with E-state index in [0.29, 0.717) is 5.92 Å². The van der Waals surface area contributed by atoms with Gasteiger partial charge in [-0.3, -0.25) is 0 Å². The van der Waals surface area contributed by atoms with E-state index in [1.54, 1.807) is 11.3 Å². The zero-order chi connectivity index (χ0) is 10.7. The molecule has 0 radical (unpaired) electrons. The standard InChI is InChI=1S/C13H20OS/c1-10-2-4-12(8-10)13(14)5-3-11-6-7-15-9-11/h6-7,9-10,12-14H,2-5,8H2,1H3. The first-order valence-electron chi connectivity index (χ1n) is 5.95. The molecule has 1 N–H and O–H groups in total. The van der Waals surface area contributed by atoms with Gasteiger partial charge in [0.25, 0.3) is 0 Å². The Morgan fingerprint density at radius 1 is 1.53 bits per heavy atom. The van der Waals surface area contributed by atoms with Gasteiger partial charge in [0.2, 0.25) is 0 Å². The van der Waals surface area contributed by atoms with Crippen LogP contribution in [0.5, 0.6) is 0 Å². The van der Waals surface area contributed by atoms with Crippen LogP contribution in [0.1, 0.15) is 38.2 Å². The number of aliphatic hydroxyl groups is 1. The number of hydrogen-bond donors (Lipinski definition) is 1. The molecule has 1 heterocycles. The van der Waals surface area contributed by atoms with Crippen molar-refractivity contribution in [1.29, 1.82) is 0 Å². The Morgan fingerprint density at radius 2 is 2.40 bits per heavy atom. The molecular formula is C13H20OS. The van der Waals surface area contributed by atoms with Crippen LogP contribution >= 0.6 is 11.3 Å². The minimum atomic E-state index is -0.0742. The second-order valence-electron chi connectivity index (χ2n) is 4.92. The minimum Gasteiger partial charge on any atom is -0.393 e. The maximum atomic E-state index is 10.1. The minimum absolute atomic E-state index is 0.0742. The molecule has 0 aliphatic heterocycles. The third-order valence-corrected chi connectivity index (χ3v) is 4.32. The number of aliphatic hydroxyl groups excluding tert-OH is 1. The molecule has 84 valence electrons. The van der Waals surface area contributed by atoms with Crippen LogP contribution in [-0.4, -0.2) is 11.2 Å². The summed E-state index contributed by atoms with van der Waals surface area (Å²) in [4.78, 5) is 0. The van der Waals surface area contributed by atoms with Gasteiger partial charge in [-0.15, -0.1) is 0 Å². The molecule has 0 amide bonds. The van der Waals surface area contributed by atoms with Crippen molar-refractivity contribution in [3.05, 3.63) is 22.4 Å².